The summed E-state index contributed by atoms with van der Waals surface area (Å²) in [6, 6.07) is 25.9. The summed E-state index contributed by atoms with van der Waals surface area (Å²) in [7, 11) is -2.16. The number of aliphatic hydroxyl groups is 1. The van der Waals surface area contributed by atoms with Gasteiger partial charge in [0, 0.05) is 30.1 Å². The van der Waals surface area contributed by atoms with E-state index in [1.165, 1.54) is 13.1 Å². The van der Waals surface area contributed by atoms with Crippen LogP contribution in [-0.2, 0) is 15.6 Å². The average molecular weight is 642 g/mol. The Bertz CT molecular complexity index is 2070. The molecule has 1 aliphatic carbocycles. The molecule has 1 aliphatic rings. The van der Waals surface area contributed by atoms with Crippen molar-refractivity contribution in [2.75, 3.05) is 19.8 Å². The number of amides is 2. The molecule has 0 aliphatic heterocycles. The Morgan fingerprint density at radius 3 is 2.37 bits per heavy atom. The summed E-state index contributed by atoms with van der Waals surface area (Å²) >= 11 is 0. The maximum atomic E-state index is 14.6. The number of sulfonamides is 1. The molecular weight excluding hydrogens is 609 g/mol. The molecule has 0 spiro atoms. The van der Waals surface area contributed by atoms with Crippen LogP contribution in [0.25, 0.3) is 33.4 Å². The summed E-state index contributed by atoms with van der Waals surface area (Å²) in [5.74, 6) is -1.32. The van der Waals surface area contributed by atoms with E-state index in [0.29, 0.717) is 22.1 Å². The molecule has 1 heterocycles. The number of halogens is 1. The molecule has 11 heteroatoms. The van der Waals surface area contributed by atoms with E-state index in [9.17, 15) is 27.5 Å². The number of rotatable bonds is 10. The Balaban J connectivity index is 1.37. The summed E-state index contributed by atoms with van der Waals surface area (Å²) in [6.45, 7) is -0.368. The third-order valence-electron chi connectivity index (χ3n) is 8.19. The van der Waals surface area contributed by atoms with Crippen LogP contribution in [0.3, 0.4) is 0 Å². The Morgan fingerprint density at radius 2 is 1.67 bits per heavy atom. The zero-order valence-electron chi connectivity index (χ0n) is 25.1. The maximum absolute atomic E-state index is 14.6. The molecule has 4 aromatic carbocycles. The smallest absolute Gasteiger partial charge is 0.255 e. The van der Waals surface area contributed by atoms with Crippen molar-refractivity contribution in [1.82, 2.24) is 15.4 Å². The van der Waals surface area contributed by atoms with Gasteiger partial charge in [-0.15, -0.1) is 0 Å². The quantitative estimate of drug-likeness (QED) is 0.164. The van der Waals surface area contributed by atoms with Gasteiger partial charge in [0.2, 0.25) is 10.0 Å². The second-order valence-corrected chi connectivity index (χ2v) is 13.3. The van der Waals surface area contributed by atoms with Crippen molar-refractivity contribution in [1.29, 1.82) is 0 Å². The molecule has 2 amide bonds. The van der Waals surface area contributed by atoms with E-state index in [-0.39, 0.29) is 40.4 Å². The van der Waals surface area contributed by atoms with Crippen LogP contribution in [0.5, 0.6) is 0 Å². The lowest BCUT2D eigenvalue weighted by Crippen LogP contribution is -2.34. The summed E-state index contributed by atoms with van der Waals surface area (Å²) in [5, 5.41) is 17.1. The molecule has 0 bridgehead atoms. The highest BCUT2D eigenvalue weighted by Gasteiger charge is 2.45. The minimum atomic E-state index is -3.61. The normalized spacial score (nSPS) is 14.5. The summed E-state index contributed by atoms with van der Waals surface area (Å²) in [4.78, 5) is 26.6. The van der Waals surface area contributed by atoms with Crippen molar-refractivity contribution in [3.05, 3.63) is 119 Å². The van der Waals surface area contributed by atoms with Gasteiger partial charge in [-0.25, -0.2) is 17.5 Å². The van der Waals surface area contributed by atoms with Gasteiger partial charge in [0.25, 0.3) is 11.8 Å². The minimum absolute atomic E-state index is 0.0168. The summed E-state index contributed by atoms with van der Waals surface area (Å²) in [5.41, 5.74) is 3.36. The third-order valence-corrected chi connectivity index (χ3v) is 8.88. The van der Waals surface area contributed by atoms with Crippen LogP contribution in [0.2, 0.25) is 0 Å². The molecule has 4 N–H and O–H groups in total. The minimum Gasteiger partial charge on any atom is -0.455 e. The van der Waals surface area contributed by atoms with Crippen molar-refractivity contribution in [3.8, 4) is 22.5 Å². The number of carbonyl (C=O) groups is 2. The fourth-order valence-electron chi connectivity index (χ4n) is 5.67. The number of hydrogen-bond donors (Lipinski definition) is 4. The first-order valence-corrected chi connectivity index (χ1v) is 16.6. The van der Waals surface area contributed by atoms with Crippen LogP contribution in [-0.4, -0.2) is 45.2 Å². The Labute approximate surface area is 265 Å². The number of fused-ring (bicyclic) bond motifs is 1. The first-order valence-electron chi connectivity index (χ1n) is 14.7. The largest absolute Gasteiger partial charge is 0.455 e. The predicted molar refractivity (Wildman–Crippen MR) is 173 cm³/mol. The van der Waals surface area contributed by atoms with Gasteiger partial charge in [-0.3, -0.25) is 9.59 Å². The van der Waals surface area contributed by atoms with E-state index in [0.717, 1.165) is 42.4 Å². The van der Waals surface area contributed by atoms with Crippen LogP contribution in [0.15, 0.2) is 95.4 Å². The fourth-order valence-corrected chi connectivity index (χ4v) is 6.13. The second-order valence-electron chi connectivity index (χ2n) is 11.4. The van der Waals surface area contributed by atoms with Gasteiger partial charge >= 0.3 is 0 Å². The number of hydrogen-bond acceptors (Lipinski definition) is 6. The van der Waals surface area contributed by atoms with Crippen LogP contribution >= 0.6 is 0 Å². The maximum Gasteiger partial charge on any atom is 0.255 e. The van der Waals surface area contributed by atoms with Gasteiger partial charge in [0.1, 0.15) is 17.2 Å². The first-order chi connectivity index (χ1) is 22.0. The molecule has 236 valence electrons. The molecular formula is C35H32FN3O6S. The first kappa shape index (κ1) is 31.2. The molecule has 1 saturated carbocycles. The number of aliphatic hydroxyl groups excluding tert-OH is 1. The van der Waals surface area contributed by atoms with Crippen molar-refractivity contribution in [2.24, 2.45) is 0 Å². The molecule has 1 unspecified atom stereocenters. The van der Waals surface area contributed by atoms with Gasteiger partial charge in [0.05, 0.1) is 23.5 Å². The second kappa shape index (κ2) is 12.2. The van der Waals surface area contributed by atoms with Crippen molar-refractivity contribution in [2.45, 2.75) is 24.5 Å². The lowest BCUT2D eigenvalue weighted by Gasteiger charge is -2.18. The van der Waals surface area contributed by atoms with Crippen LogP contribution < -0.4 is 15.4 Å². The summed E-state index contributed by atoms with van der Waals surface area (Å²) in [6.07, 6.45) is 1.32. The van der Waals surface area contributed by atoms with Crippen molar-refractivity contribution >= 4 is 32.8 Å². The molecule has 0 saturated heterocycles. The fraction of sp³-hybridized carbons (Fsp3) is 0.200. The number of benzene rings is 4. The zero-order valence-corrected chi connectivity index (χ0v) is 26.0. The molecule has 0 radical (unpaired) electrons. The SMILES string of the molecule is CNC(=O)c1c(-c2cc(F)ccc2C(O)CNS(C)(=O)=O)oc2ccc(-c3cccc(C(=O)NC4(c5ccccc5)CC4)c3)cc12. The Hall–Kier alpha value is -4.84. The van der Waals surface area contributed by atoms with Gasteiger partial charge < -0.3 is 20.2 Å². The molecule has 6 rings (SSSR count). The van der Waals surface area contributed by atoms with E-state index in [1.54, 1.807) is 36.4 Å². The standard InChI is InChI=1S/C35H32FN3O6S/c1-37-34(42)31-28-18-22(21-7-6-8-23(17-21)33(41)39-35(15-16-35)24-9-4-3-5-10-24)11-14-30(28)45-32(31)27-19-25(36)12-13-26(27)29(40)20-38-46(2,43)44/h3-14,17-19,29,38,40H,15-16,20H2,1-2H3,(H,37,42)(H,39,41). The number of nitrogens with one attached hydrogen (secondary N) is 3. The van der Waals surface area contributed by atoms with Gasteiger partial charge in [-0.1, -0.05) is 54.6 Å². The number of furan rings is 1. The average Bonchev–Trinajstić information content (AvgIpc) is 3.74. The highest BCUT2D eigenvalue weighted by atomic mass is 32.2. The molecule has 46 heavy (non-hydrogen) atoms. The van der Waals surface area contributed by atoms with E-state index < -0.39 is 27.9 Å². The van der Waals surface area contributed by atoms with Crippen molar-refractivity contribution in [3.63, 3.8) is 0 Å². The number of carbonyl (C=O) groups excluding carboxylic acids is 2. The Morgan fingerprint density at radius 1 is 0.935 bits per heavy atom. The van der Waals surface area contributed by atoms with Gasteiger partial charge in [-0.05, 0) is 71.5 Å². The van der Waals surface area contributed by atoms with Crippen LogP contribution in [0.4, 0.5) is 4.39 Å². The predicted octanol–water partition coefficient (Wildman–Crippen LogP) is 5.27. The lowest BCUT2D eigenvalue weighted by molar-refractivity contribution is 0.0929. The molecule has 9 nitrogen and oxygen atoms in total. The van der Waals surface area contributed by atoms with Crippen molar-refractivity contribution < 1.29 is 31.9 Å². The molecule has 5 aromatic rings. The topological polar surface area (TPSA) is 138 Å². The van der Waals surface area contributed by atoms with E-state index >= 15 is 0 Å². The summed E-state index contributed by atoms with van der Waals surface area (Å²) < 4.78 is 46.2. The monoisotopic (exact) mass is 641 g/mol. The molecule has 1 atom stereocenters. The van der Waals surface area contributed by atoms with Crippen LogP contribution in [0.1, 0.15) is 50.8 Å². The van der Waals surface area contributed by atoms with Gasteiger partial charge in [-0.2, -0.15) is 0 Å². The van der Waals surface area contributed by atoms with E-state index in [1.807, 2.05) is 36.4 Å². The van der Waals surface area contributed by atoms with E-state index in [4.69, 9.17) is 4.42 Å². The Kier molecular flexibility index (Phi) is 8.24. The van der Waals surface area contributed by atoms with E-state index in [2.05, 4.69) is 15.4 Å². The zero-order chi connectivity index (χ0) is 32.6. The molecule has 1 fully saturated rings. The highest BCUT2D eigenvalue weighted by molar-refractivity contribution is 7.88. The highest BCUT2D eigenvalue weighted by Crippen LogP contribution is 2.45. The third kappa shape index (κ3) is 6.30. The lowest BCUT2D eigenvalue weighted by atomic mass is 9.95. The van der Waals surface area contributed by atoms with Gasteiger partial charge in [0.15, 0.2) is 0 Å². The molecule has 1 aromatic heterocycles. The van der Waals surface area contributed by atoms with Crippen LogP contribution in [0, 0.1) is 5.82 Å².